The molecule has 0 bridgehead atoms. The van der Waals surface area contributed by atoms with Gasteiger partial charge < -0.3 is 4.98 Å². The van der Waals surface area contributed by atoms with E-state index in [1.54, 1.807) is 12.4 Å². The molecule has 3 aromatic rings. The van der Waals surface area contributed by atoms with E-state index in [9.17, 15) is 4.79 Å². The van der Waals surface area contributed by atoms with E-state index in [0.717, 1.165) is 16.6 Å². The first-order chi connectivity index (χ1) is 9.34. The van der Waals surface area contributed by atoms with Gasteiger partial charge in [-0.15, -0.1) is 0 Å². The van der Waals surface area contributed by atoms with Crippen molar-refractivity contribution in [3.05, 3.63) is 65.2 Å². The number of H-pyrrole nitrogens is 1. The van der Waals surface area contributed by atoms with Crippen molar-refractivity contribution in [2.24, 2.45) is 0 Å². The van der Waals surface area contributed by atoms with Crippen LogP contribution in [0.4, 0.5) is 0 Å². The number of benzene rings is 1. The second kappa shape index (κ2) is 5.96. The second-order valence-corrected chi connectivity index (χ2v) is 3.84. The van der Waals surface area contributed by atoms with Crippen LogP contribution in [0.15, 0.2) is 59.7 Å². The van der Waals surface area contributed by atoms with Crippen LogP contribution in [0.1, 0.15) is 13.8 Å². The molecule has 3 heteroatoms. The summed E-state index contributed by atoms with van der Waals surface area (Å²) in [5, 5.41) is 1.52. The average molecular weight is 252 g/mol. The van der Waals surface area contributed by atoms with Gasteiger partial charge in [-0.2, -0.15) is 0 Å². The zero-order chi connectivity index (χ0) is 13.7. The van der Waals surface area contributed by atoms with Crippen LogP contribution in [0.2, 0.25) is 0 Å². The number of nitrogens with one attached hydrogen (secondary N) is 1. The number of aromatic amines is 1. The quantitative estimate of drug-likeness (QED) is 0.719. The molecule has 0 aliphatic carbocycles. The van der Waals surface area contributed by atoms with Crippen LogP contribution in [0.25, 0.3) is 22.0 Å². The first-order valence-corrected chi connectivity index (χ1v) is 6.37. The highest BCUT2D eigenvalue weighted by molar-refractivity contribution is 5.84. The fourth-order valence-corrected chi connectivity index (χ4v) is 1.88. The summed E-state index contributed by atoms with van der Waals surface area (Å²) < 4.78 is 0. The summed E-state index contributed by atoms with van der Waals surface area (Å²) in [5.74, 6) is 0. The van der Waals surface area contributed by atoms with E-state index >= 15 is 0 Å². The number of pyridine rings is 2. The molecular formula is C16H16N2O. The number of hydrogen-bond donors (Lipinski definition) is 1. The van der Waals surface area contributed by atoms with Gasteiger partial charge in [-0.3, -0.25) is 9.78 Å². The van der Waals surface area contributed by atoms with Crippen LogP contribution >= 0.6 is 0 Å². The van der Waals surface area contributed by atoms with Crippen molar-refractivity contribution in [3.63, 3.8) is 0 Å². The molecule has 0 radical (unpaired) electrons. The fraction of sp³-hybridized carbons (Fsp3) is 0.125. The van der Waals surface area contributed by atoms with Gasteiger partial charge in [0.1, 0.15) is 0 Å². The largest absolute Gasteiger partial charge is 0.321 e. The Kier molecular flexibility index (Phi) is 4.08. The highest BCUT2D eigenvalue weighted by Gasteiger charge is 2.02. The van der Waals surface area contributed by atoms with Crippen molar-refractivity contribution in [2.75, 3.05) is 0 Å². The van der Waals surface area contributed by atoms with E-state index in [1.165, 1.54) is 0 Å². The summed E-state index contributed by atoms with van der Waals surface area (Å²) in [5.41, 5.74) is 1.73. The van der Waals surface area contributed by atoms with Crippen LogP contribution in [-0.4, -0.2) is 9.97 Å². The number of hydrogen-bond acceptors (Lipinski definition) is 2. The predicted molar refractivity (Wildman–Crippen MR) is 79.1 cm³/mol. The van der Waals surface area contributed by atoms with Crippen molar-refractivity contribution in [3.8, 4) is 11.3 Å². The summed E-state index contributed by atoms with van der Waals surface area (Å²) in [6.45, 7) is 4.00. The average Bonchev–Trinajstić information content (AvgIpc) is 2.50. The van der Waals surface area contributed by atoms with Crippen molar-refractivity contribution in [1.29, 1.82) is 0 Å². The van der Waals surface area contributed by atoms with Gasteiger partial charge >= 0.3 is 0 Å². The lowest BCUT2D eigenvalue weighted by Crippen LogP contribution is -2.07. The first kappa shape index (κ1) is 13.0. The topological polar surface area (TPSA) is 45.8 Å². The van der Waals surface area contributed by atoms with Gasteiger partial charge in [-0.1, -0.05) is 44.2 Å². The highest BCUT2D eigenvalue weighted by atomic mass is 16.1. The molecule has 96 valence electrons. The molecule has 2 heterocycles. The van der Waals surface area contributed by atoms with Crippen LogP contribution in [0.3, 0.4) is 0 Å². The zero-order valence-electron chi connectivity index (χ0n) is 11.1. The van der Waals surface area contributed by atoms with Crippen LogP contribution in [0, 0.1) is 0 Å². The minimum atomic E-state index is -0.102. The van der Waals surface area contributed by atoms with Crippen molar-refractivity contribution in [2.45, 2.75) is 13.8 Å². The zero-order valence-corrected chi connectivity index (χ0v) is 11.1. The molecule has 3 nitrogen and oxygen atoms in total. The Bertz CT molecular complexity index is 717. The van der Waals surface area contributed by atoms with Gasteiger partial charge in [0.25, 0.3) is 5.56 Å². The van der Waals surface area contributed by atoms with Gasteiger partial charge in [-0.05, 0) is 23.1 Å². The van der Waals surface area contributed by atoms with Crippen LogP contribution < -0.4 is 5.56 Å². The number of rotatable bonds is 1. The second-order valence-electron chi connectivity index (χ2n) is 3.84. The number of aromatic nitrogens is 2. The molecule has 0 atom stereocenters. The Morgan fingerprint density at radius 1 is 1.05 bits per heavy atom. The lowest BCUT2D eigenvalue weighted by molar-refractivity contribution is 1.26. The molecule has 0 aliphatic heterocycles. The van der Waals surface area contributed by atoms with Gasteiger partial charge in [0, 0.05) is 18.1 Å². The molecule has 2 aromatic heterocycles. The summed E-state index contributed by atoms with van der Waals surface area (Å²) in [7, 11) is 0. The first-order valence-electron chi connectivity index (χ1n) is 6.37. The van der Waals surface area contributed by atoms with Gasteiger partial charge in [-0.25, -0.2) is 0 Å². The number of nitrogens with zero attached hydrogens (tertiary/aromatic N) is 1. The van der Waals surface area contributed by atoms with E-state index in [2.05, 4.69) is 9.97 Å². The monoisotopic (exact) mass is 252 g/mol. The normalized spacial score (nSPS) is 9.79. The SMILES string of the molecule is CC.O=c1[nH]c(-c2ccccc2)cc2ccncc12. The summed E-state index contributed by atoms with van der Waals surface area (Å²) >= 11 is 0. The standard InChI is InChI=1S/C14H10N2O.C2H6/c17-14-12-9-15-7-6-11(12)8-13(16-14)10-4-2-1-3-5-10;1-2/h1-9H,(H,16,17);1-2H3. The maximum absolute atomic E-state index is 11.9. The maximum Gasteiger partial charge on any atom is 0.257 e. The fourth-order valence-electron chi connectivity index (χ4n) is 1.88. The summed E-state index contributed by atoms with van der Waals surface area (Å²) in [4.78, 5) is 18.7. The van der Waals surface area contributed by atoms with E-state index in [0.29, 0.717) is 5.39 Å². The molecule has 3 rings (SSSR count). The molecule has 0 fully saturated rings. The van der Waals surface area contributed by atoms with E-state index < -0.39 is 0 Å². The Balaban J connectivity index is 0.000000637. The van der Waals surface area contributed by atoms with E-state index in [1.807, 2.05) is 56.3 Å². The lowest BCUT2D eigenvalue weighted by Gasteiger charge is -2.03. The summed E-state index contributed by atoms with van der Waals surface area (Å²) in [6, 6.07) is 13.6. The Morgan fingerprint density at radius 2 is 1.79 bits per heavy atom. The van der Waals surface area contributed by atoms with Crippen LogP contribution in [-0.2, 0) is 0 Å². The molecule has 0 amide bonds. The Labute approximate surface area is 112 Å². The third kappa shape index (κ3) is 2.71. The molecule has 0 unspecified atom stereocenters. The van der Waals surface area contributed by atoms with Crippen molar-refractivity contribution >= 4 is 10.8 Å². The third-order valence-electron chi connectivity index (χ3n) is 2.73. The van der Waals surface area contributed by atoms with E-state index in [4.69, 9.17) is 0 Å². The predicted octanol–water partition coefficient (Wildman–Crippen LogP) is 3.62. The van der Waals surface area contributed by atoms with Crippen molar-refractivity contribution in [1.82, 2.24) is 9.97 Å². The number of fused-ring (bicyclic) bond motifs is 1. The molecule has 19 heavy (non-hydrogen) atoms. The van der Waals surface area contributed by atoms with Gasteiger partial charge in [0.2, 0.25) is 0 Å². The molecule has 1 N–H and O–H groups in total. The third-order valence-corrected chi connectivity index (χ3v) is 2.73. The highest BCUT2D eigenvalue weighted by Crippen LogP contribution is 2.18. The summed E-state index contributed by atoms with van der Waals surface area (Å²) in [6.07, 6.45) is 3.28. The minimum Gasteiger partial charge on any atom is -0.321 e. The lowest BCUT2D eigenvalue weighted by atomic mass is 10.1. The molecule has 0 saturated heterocycles. The minimum absolute atomic E-state index is 0.102. The van der Waals surface area contributed by atoms with Gasteiger partial charge in [0.05, 0.1) is 5.39 Å². The van der Waals surface area contributed by atoms with Crippen molar-refractivity contribution < 1.29 is 0 Å². The molecule has 0 aliphatic rings. The molecular weight excluding hydrogens is 236 g/mol. The smallest absolute Gasteiger partial charge is 0.257 e. The molecule has 0 saturated carbocycles. The van der Waals surface area contributed by atoms with Gasteiger partial charge in [0.15, 0.2) is 0 Å². The molecule has 0 spiro atoms. The van der Waals surface area contributed by atoms with E-state index in [-0.39, 0.29) is 5.56 Å². The maximum atomic E-state index is 11.9. The Morgan fingerprint density at radius 3 is 2.53 bits per heavy atom. The molecule has 1 aromatic carbocycles. The Hall–Kier alpha value is -2.42. The van der Waals surface area contributed by atoms with Crippen LogP contribution in [0.5, 0.6) is 0 Å².